The Balaban J connectivity index is 0.745. The molecule has 4 aromatic rings. The number of unbranched alkanes of at least 4 members (excludes halogenated alkanes) is 2. The largest absolute Gasteiger partial charge is 0.460 e. The minimum atomic E-state index is -1.14. The summed E-state index contributed by atoms with van der Waals surface area (Å²) in [5, 5.41) is 16.6. The molecule has 5 heterocycles. The van der Waals surface area contributed by atoms with Gasteiger partial charge in [-0.3, -0.25) is 52.8 Å². The summed E-state index contributed by atoms with van der Waals surface area (Å²) in [5.41, 5.74) is 4.82. The first-order valence-electron chi connectivity index (χ1n) is 26.0. The van der Waals surface area contributed by atoms with E-state index in [0.717, 1.165) is 27.0 Å². The molecule has 22 heteroatoms. The number of carbonyl (C=O) groups excluding carboxylic acids is 9. The van der Waals surface area contributed by atoms with E-state index in [1.54, 1.807) is 41.8 Å². The van der Waals surface area contributed by atoms with Crippen molar-refractivity contribution in [3.05, 3.63) is 110 Å². The summed E-state index contributed by atoms with van der Waals surface area (Å²) in [6.45, 7) is 2.21. The summed E-state index contributed by atoms with van der Waals surface area (Å²) in [6.07, 6.45) is 6.60. The van der Waals surface area contributed by atoms with Crippen molar-refractivity contribution in [3.63, 3.8) is 0 Å². The van der Waals surface area contributed by atoms with Crippen molar-refractivity contribution in [2.24, 2.45) is 5.41 Å². The number of hydrogen-bond acceptors (Lipinski definition) is 13. The monoisotopic (exact) mass is 1060 g/mol. The van der Waals surface area contributed by atoms with Crippen molar-refractivity contribution in [2.45, 2.75) is 109 Å². The van der Waals surface area contributed by atoms with Crippen molar-refractivity contribution in [1.82, 2.24) is 46.4 Å². The first-order chi connectivity index (χ1) is 37.0. The van der Waals surface area contributed by atoms with Gasteiger partial charge in [0.1, 0.15) is 25.2 Å². The molecule has 0 bridgehead atoms. The molecule has 0 saturated heterocycles. The van der Waals surface area contributed by atoms with Crippen LogP contribution in [0.5, 0.6) is 0 Å². The third kappa shape index (κ3) is 11.7. The smallest absolute Gasteiger partial charge is 0.313 e. The lowest BCUT2D eigenvalue weighted by Gasteiger charge is -2.31. The number of benzene rings is 2. The van der Waals surface area contributed by atoms with Crippen LogP contribution in [0.2, 0.25) is 0 Å². The van der Waals surface area contributed by atoms with Crippen LogP contribution in [0.15, 0.2) is 59.4 Å². The summed E-state index contributed by atoms with van der Waals surface area (Å²) in [5.74, 6) is -5.39. The number of carbonyl (C=O) groups is 9. The Labute approximate surface area is 441 Å². The highest BCUT2D eigenvalue weighted by molar-refractivity contribution is 6.12. The molecule has 21 nitrogen and oxygen atoms in total. The first-order valence-corrected chi connectivity index (χ1v) is 26.0. The molecule has 3 atom stereocenters. The number of aromatic nitrogens is 2. The number of aryl methyl sites for hydroxylation is 1. The highest BCUT2D eigenvalue weighted by atomic mass is 19.1. The molecule has 3 aliphatic heterocycles. The Morgan fingerprint density at radius 1 is 0.857 bits per heavy atom. The van der Waals surface area contributed by atoms with Gasteiger partial charge in [-0.15, -0.1) is 0 Å². The molecule has 77 heavy (non-hydrogen) atoms. The molecule has 6 N–H and O–H groups in total. The average molecular weight is 1060 g/mol. The lowest BCUT2D eigenvalue weighted by atomic mass is 9.81. The van der Waals surface area contributed by atoms with E-state index in [4.69, 9.17) is 14.5 Å². The van der Waals surface area contributed by atoms with Gasteiger partial charge in [0.25, 0.3) is 17.4 Å². The molecular formula is C55H60FN9O12. The molecule has 3 unspecified atom stereocenters. The van der Waals surface area contributed by atoms with Crippen molar-refractivity contribution < 1.29 is 57.0 Å². The number of amides is 8. The summed E-state index contributed by atoms with van der Waals surface area (Å²) in [6, 6.07) is 10.4. The van der Waals surface area contributed by atoms with Crippen LogP contribution in [0.4, 0.5) is 4.39 Å². The quantitative estimate of drug-likeness (QED) is 0.0237. The van der Waals surface area contributed by atoms with Gasteiger partial charge in [0.15, 0.2) is 0 Å². The molecule has 404 valence electrons. The predicted octanol–water partition coefficient (Wildman–Crippen LogP) is 1.96. The number of cyclic esters (lactones) is 1. The summed E-state index contributed by atoms with van der Waals surface area (Å²) in [4.78, 5) is 134. The maximum absolute atomic E-state index is 15.5. The zero-order chi connectivity index (χ0) is 54.5. The number of nitrogens with one attached hydrogen (secondary N) is 6. The number of rotatable bonds is 23. The van der Waals surface area contributed by atoms with Gasteiger partial charge in [0, 0.05) is 48.6 Å². The Morgan fingerprint density at radius 2 is 1.57 bits per heavy atom. The normalized spacial score (nSPS) is 17.6. The summed E-state index contributed by atoms with van der Waals surface area (Å²) < 4.78 is 28.3. The fourth-order valence-electron chi connectivity index (χ4n) is 10.5. The molecule has 1 saturated carbocycles. The minimum absolute atomic E-state index is 0.0179. The van der Waals surface area contributed by atoms with Gasteiger partial charge < -0.3 is 45.9 Å². The van der Waals surface area contributed by atoms with Crippen LogP contribution < -0.4 is 37.5 Å². The molecule has 9 rings (SSSR count). The number of esters is 1. The Morgan fingerprint density at radius 3 is 2.31 bits per heavy atom. The molecule has 0 spiro atoms. The van der Waals surface area contributed by atoms with Crippen molar-refractivity contribution in [2.75, 3.05) is 39.5 Å². The van der Waals surface area contributed by atoms with E-state index in [-0.39, 0.29) is 69.2 Å². The molecule has 8 amide bonds. The Kier molecular flexibility index (Phi) is 16.0. The van der Waals surface area contributed by atoms with Gasteiger partial charge in [-0.25, -0.2) is 9.37 Å². The SMILES string of the molecule is CCC1C(=O)OCc2c1cc1n(c2=O)Cc2c-1nc1cc(F)c(C)c3c1c2C(NC(=O)C1(COCNC(=O)CNC(=O)C(Cc2ccccc2)NC(=O)CNC(=O)CNC(=O)CCCCCN2C(=O)C=CC2=O)CC1)CC3. The van der Waals surface area contributed by atoms with Crippen molar-refractivity contribution >= 4 is 64.1 Å². The lowest BCUT2D eigenvalue weighted by molar-refractivity contribution is -0.148. The second kappa shape index (κ2) is 23.0. The predicted molar refractivity (Wildman–Crippen MR) is 273 cm³/mol. The highest BCUT2D eigenvalue weighted by Crippen LogP contribution is 2.49. The number of ether oxygens (including phenoxy) is 2. The van der Waals surface area contributed by atoms with E-state index >= 15 is 4.39 Å². The number of pyridine rings is 2. The van der Waals surface area contributed by atoms with E-state index < -0.39 is 84.4 Å². The molecule has 0 radical (unpaired) electrons. The maximum Gasteiger partial charge on any atom is 0.313 e. The zero-order valence-corrected chi connectivity index (χ0v) is 42.8. The fourth-order valence-corrected chi connectivity index (χ4v) is 10.5. The van der Waals surface area contributed by atoms with Crippen LogP contribution in [0.3, 0.4) is 0 Å². The number of halogens is 1. The van der Waals surface area contributed by atoms with Crippen LogP contribution in [0.25, 0.3) is 22.3 Å². The minimum Gasteiger partial charge on any atom is -0.460 e. The molecule has 1 fully saturated rings. The number of fused-ring (bicyclic) bond motifs is 5. The van der Waals surface area contributed by atoms with E-state index in [9.17, 15) is 47.9 Å². The van der Waals surface area contributed by atoms with Gasteiger partial charge in [-0.05, 0) is 85.8 Å². The van der Waals surface area contributed by atoms with Gasteiger partial charge >= 0.3 is 5.97 Å². The van der Waals surface area contributed by atoms with Crippen LogP contribution in [0, 0.1) is 18.2 Å². The highest BCUT2D eigenvalue weighted by Gasteiger charge is 2.51. The van der Waals surface area contributed by atoms with Crippen LogP contribution in [-0.2, 0) is 78.6 Å². The molecule has 2 aliphatic carbocycles. The molecule has 2 aromatic carbocycles. The van der Waals surface area contributed by atoms with E-state index in [2.05, 4.69) is 31.9 Å². The summed E-state index contributed by atoms with van der Waals surface area (Å²) in [7, 11) is 0. The fraction of sp³-hybridized carbons (Fsp3) is 0.436. The standard InChI is InChI=1S/C55H60FN9O12/c1-3-32-34-21-41-50-35(26-65(41)52(73)36(34)27-77-53(32)74)49-38(14-13-33-30(2)37(56)22-39(62-50)48(33)49)63-54(75)55(17-18-55)28-76-29-60-44(68)24-59-51(72)40(20-31-10-6-4-7-11-31)61-45(69)25-58-43(67)23-57-42(66)12-8-5-9-19-64-46(70)15-16-47(64)71/h4,6-7,10-11,15-16,21-22,32,38,40H,3,5,8-9,12-14,17-20,23-29H2,1-2H3,(H,57,66)(H,58,67)(H,59,72)(H,60,68)(H,61,69)(H,63,75). The molecule has 5 aliphatic rings. The number of nitrogens with zero attached hydrogens (tertiary/aromatic N) is 3. The molecule has 2 aromatic heterocycles. The topological polar surface area (TPSA) is 282 Å². The lowest BCUT2D eigenvalue weighted by Crippen LogP contribution is -2.52. The third-order valence-corrected chi connectivity index (χ3v) is 15.0. The van der Waals surface area contributed by atoms with Crippen LogP contribution in [0.1, 0.15) is 109 Å². The van der Waals surface area contributed by atoms with Crippen LogP contribution in [-0.4, -0.2) is 113 Å². The zero-order valence-electron chi connectivity index (χ0n) is 42.8. The van der Waals surface area contributed by atoms with Crippen LogP contribution >= 0.6 is 0 Å². The van der Waals surface area contributed by atoms with E-state index in [1.807, 2.05) is 13.0 Å². The number of hydrogen-bond donors (Lipinski definition) is 6. The number of imide groups is 1. The Bertz CT molecular complexity index is 3170. The summed E-state index contributed by atoms with van der Waals surface area (Å²) >= 11 is 0. The van der Waals surface area contributed by atoms with Crippen molar-refractivity contribution in [1.29, 1.82) is 0 Å². The van der Waals surface area contributed by atoms with Gasteiger partial charge in [-0.2, -0.15) is 0 Å². The molecular weight excluding hydrogens is 998 g/mol. The maximum atomic E-state index is 15.5. The third-order valence-electron chi connectivity index (χ3n) is 15.0. The average Bonchev–Trinajstić information content (AvgIpc) is 4.18. The van der Waals surface area contributed by atoms with Gasteiger partial charge in [-0.1, -0.05) is 43.7 Å². The second-order valence-electron chi connectivity index (χ2n) is 20.1. The van der Waals surface area contributed by atoms with Gasteiger partial charge in [0.05, 0.1) is 72.6 Å². The van der Waals surface area contributed by atoms with E-state index in [0.29, 0.717) is 90.5 Å². The van der Waals surface area contributed by atoms with Gasteiger partial charge in [0.2, 0.25) is 35.4 Å². The van der Waals surface area contributed by atoms with Crippen molar-refractivity contribution in [3.8, 4) is 11.4 Å². The Hall–Kier alpha value is -8.14. The first kappa shape index (κ1) is 53.7. The van der Waals surface area contributed by atoms with E-state index in [1.165, 1.54) is 18.2 Å². The second-order valence-corrected chi connectivity index (χ2v) is 20.1.